The van der Waals surface area contributed by atoms with Crippen molar-refractivity contribution in [3.8, 4) is 5.75 Å². The molecule has 1 aliphatic heterocycles. The molecule has 1 N–H and O–H groups in total. The third-order valence-electron chi connectivity index (χ3n) is 5.25. The maximum Gasteiger partial charge on any atom is 0.267 e. The van der Waals surface area contributed by atoms with E-state index in [1.54, 1.807) is 36.4 Å². The van der Waals surface area contributed by atoms with Gasteiger partial charge in [0.25, 0.3) is 15.9 Å². The molecule has 3 aromatic carbocycles. The van der Waals surface area contributed by atoms with Gasteiger partial charge in [-0.05, 0) is 73.9 Å². The normalized spacial score (nSPS) is 13.4. The number of sulfonamides is 1. The Balaban J connectivity index is 1.62. The molecule has 0 aromatic heterocycles. The zero-order valence-corrected chi connectivity index (χ0v) is 18.4. The van der Waals surface area contributed by atoms with Crippen molar-refractivity contribution in [2.24, 2.45) is 0 Å². The molecular formula is C24H23FN2O4S. The van der Waals surface area contributed by atoms with E-state index in [-0.39, 0.29) is 12.1 Å². The first-order valence-electron chi connectivity index (χ1n) is 10.3. The van der Waals surface area contributed by atoms with Gasteiger partial charge in [0.05, 0.1) is 12.3 Å². The van der Waals surface area contributed by atoms with Crippen LogP contribution in [0.1, 0.15) is 29.3 Å². The molecule has 3 aromatic rings. The highest BCUT2D eigenvalue weighted by atomic mass is 32.2. The van der Waals surface area contributed by atoms with Crippen LogP contribution >= 0.6 is 0 Å². The van der Waals surface area contributed by atoms with Gasteiger partial charge in [0.2, 0.25) is 0 Å². The Kier molecular flexibility index (Phi) is 6.14. The molecule has 1 heterocycles. The Morgan fingerprint density at radius 3 is 2.59 bits per heavy atom. The molecule has 0 atom stereocenters. The third kappa shape index (κ3) is 4.31. The van der Waals surface area contributed by atoms with E-state index in [0.29, 0.717) is 30.2 Å². The van der Waals surface area contributed by atoms with Crippen molar-refractivity contribution in [3.05, 3.63) is 83.7 Å². The lowest BCUT2D eigenvalue weighted by molar-refractivity contribution is 0.102. The van der Waals surface area contributed by atoms with Crippen molar-refractivity contribution in [1.29, 1.82) is 0 Å². The number of hydrogen-bond donors (Lipinski definition) is 1. The van der Waals surface area contributed by atoms with E-state index in [2.05, 4.69) is 5.32 Å². The van der Waals surface area contributed by atoms with Crippen LogP contribution in [-0.4, -0.2) is 27.5 Å². The number of nitrogens with zero attached hydrogens (tertiary/aromatic N) is 1. The van der Waals surface area contributed by atoms with Gasteiger partial charge in [-0.15, -0.1) is 0 Å². The number of anilines is 2. The molecule has 0 bridgehead atoms. The van der Waals surface area contributed by atoms with Gasteiger partial charge in [0.1, 0.15) is 16.5 Å². The molecule has 0 radical (unpaired) electrons. The molecule has 1 amide bonds. The van der Waals surface area contributed by atoms with Crippen LogP contribution in [0.2, 0.25) is 0 Å². The largest absolute Gasteiger partial charge is 0.494 e. The summed E-state index contributed by atoms with van der Waals surface area (Å²) in [5, 5.41) is 2.70. The van der Waals surface area contributed by atoms with Crippen molar-refractivity contribution in [2.45, 2.75) is 24.7 Å². The maximum atomic E-state index is 14.7. The molecule has 1 aliphatic rings. The smallest absolute Gasteiger partial charge is 0.267 e. The summed E-state index contributed by atoms with van der Waals surface area (Å²) in [7, 11) is -4.19. The summed E-state index contributed by atoms with van der Waals surface area (Å²) in [5.41, 5.74) is 2.00. The molecule has 32 heavy (non-hydrogen) atoms. The van der Waals surface area contributed by atoms with Crippen LogP contribution in [0.4, 0.5) is 15.8 Å². The number of para-hydroxylation sites is 1. The van der Waals surface area contributed by atoms with E-state index in [9.17, 15) is 17.6 Å². The van der Waals surface area contributed by atoms with E-state index < -0.39 is 26.6 Å². The first-order valence-corrected chi connectivity index (χ1v) is 11.8. The van der Waals surface area contributed by atoms with Crippen LogP contribution in [0, 0.1) is 5.82 Å². The van der Waals surface area contributed by atoms with Crippen LogP contribution in [0.25, 0.3) is 0 Å². The van der Waals surface area contributed by atoms with Crippen LogP contribution < -0.4 is 14.4 Å². The van der Waals surface area contributed by atoms with E-state index in [1.165, 1.54) is 10.4 Å². The molecule has 166 valence electrons. The number of hydrogen-bond acceptors (Lipinski definition) is 4. The van der Waals surface area contributed by atoms with Gasteiger partial charge in [-0.25, -0.2) is 12.8 Å². The Hall–Kier alpha value is -3.39. The average Bonchev–Trinajstić information content (AvgIpc) is 2.80. The molecule has 8 heteroatoms. The molecule has 0 fully saturated rings. The molecule has 0 saturated carbocycles. The number of ether oxygens (including phenoxy) is 1. The predicted octanol–water partition coefficient (Wildman–Crippen LogP) is 4.62. The number of carbonyl (C=O) groups is 1. The highest BCUT2D eigenvalue weighted by Crippen LogP contribution is 2.33. The lowest BCUT2D eigenvalue weighted by atomic mass is 10.0. The molecule has 0 unspecified atom stereocenters. The molecule has 4 rings (SSSR count). The third-order valence-corrected chi connectivity index (χ3v) is 7.08. The summed E-state index contributed by atoms with van der Waals surface area (Å²) in [5.74, 6) is -0.766. The van der Waals surface area contributed by atoms with Crippen LogP contribution in [-0.2, 0) is 16.4 Å². The summed E-state index contributed by atoms with van der Waals surface area (Å²) >= 11 is 0. The van der Waals surface area contributed by atoms with Crippen molar-refractivity contribution in [2.75, 3.05) is 22.8 Å². The standard InChI is InChI=1S/C24H23FN2O4S/c1-2-31-20-12-10-19(11-13-20)26-24(28)18-9-14-21(25)23(16-18)32(29,30)27-15-5-7-17-6-3-4-8-22(17)27/h3-4,6,8-14,16H,2,5,7,15H2,1H3,(H,26,28). The van der Waals surface area contributed by atoms with Gasteiger partial charge >= 0.3 is 0 Å². The number of amides is 1. The average molecular weight is 455 g/mol. The number of aryl methyl sites for hydroxylation is 1. The molecular weight excluding hydrogens is 431 g/mol. The maximum absolute atomic E-state index is 14.7. The van der Waals surface area contributed by atoms with Crippen molar-refractivity contribution >= 4 is 27.3 Å². The summed E-state index contributed by atoms with van der Waals surface area (Å²) in [6.07, 6.45) is 1.39. The van der Waals surface area contributed by atoms with E-state index in [4.69, 9.17) is 4.74 Å². The topological polar surface area (TPSA) is 75.7 Å². The molecule has 0 aliphatic carbocycles. The van der Waals surface area contributed by atoms with Gasteiger partial charge in [-0.2, -0.15) is 0 Å². The van der Waals surface area contributed by atoms with Crippen LogP contribution in [0.3, 0.4) is 0 Å². The highest BCUT2D eigenvalue weighted by molar-refractivity contribution is 7.92. The highest BCUT2D eigenvalue weighted by Gasteiger charge is 2.31. The molecule has 0 saturated heterocycles. The monoisotopic (exact) mass is 454 g/mol. The zero-order chi connectivity index (χ0) is 22.7. The Morgan fingerprint density at radius 1 is 1.09 bits per heavy atom. The second-order valence-corrected chi connectivity index (χ2v) is 9.20. The lowest BCUT2D eigenvalue weighted by Gasteiger charge is -2.30. The number of fused-ring (bicyclic) bond motifs is 1. The second-order valence-electron chi connectivity index (χ2n) is 7.37. The summed E-state index contributed by atoms with van der Waals surface area (Å²) in [6, 6.07) is 17.3. The fourth-order valence-corrected chi connectivity index (χ4v) is 5.35. The fourth-order valence-electron chi connectivity index (χ4n) is 3.71. The first-order chi connectivity index (χ1) is 15.4. The minimum atomic E-state index is -4.19. The quantitative estimate of drug-likeness (QED) is 0.590. The summed E-state index contributed by atoms with van der Waals surface area (Å²) in [4.78, 5) is 12.2. The zero-order valence-electron chi connectivity index (χ0n) is 17.5. The van der Waals surface area contributed by atoms with Gasteiger partial charge < -0.3 is 10.1 Å². The molecule has 6 nitrogen and oxygen atoms in total. The van der Waals surface area contributed by atoms with Crippen LogP contribution in [0.15, 0.2) is 71.6 Å². The Labute approximate surface area is 186 Å². The fraction of sp³-hybridized carbons (Fsp3) is 0.208. The Morgan fingerprint density at radius 2 is 1.84 bits per heavy atom. The minimum Gasteiger partial charge on any atom is -0.494 e. The summed E-state index contributed by atoms with van der Waals surface area (Å²) < 4.78 is 47.9. The molecule has 0 spiro atoms. The van der Waals surface area contributed by atoms with Gasteiger partial charge in [-0.3, -0.25) is 9.10 Å². The van der Waals surface area contributed by atoms with Crippen molar-refractivity contribution in [3.63, 3.8) is 0 Å². The first kappa shape index (κ1) is 21.8. The number of rotatable bonds is 6. The second kappa shape index (κ2) is 9.00. The van der Waals surface area contributed by atoms with Crippen molar-refractivity contribution in [1.82, 2.24) is 0 Å². The lowest BCUT2D eigenvalue weighted by Crippen LogP contribution is -2.36. The Bertz CT molecular complexity index is 1240. The summed E-state index contributed by atoms with van der Waals surface area (Å²) in [6.45, 7) is 2.65. The van der Waals surface area contributed by atoms with E-state index >= 15 is 0 Å². The SMILES string of the molecule is CCOc1ccc(NC(=O)c2ccc(F)c(S(=O)(=O)N3CCCc4ccccc43)c2)cc1. The van der Waals surface area contributed by atoms with Gasteiger partial charge in [0.15, 0.2) is 0 Å². The minimum absolute atomic E-state index is 0.0455. The van der Waals surface area contributed by atoms with Crippen LogP contribution in [0.5, 0.6) is 5.75 Å². The van der Waals surface area contributed by atoms with E-state index in [0.717, 1.165) is 24.1 Å². The van der Waals surface area contributed by atoms with E-state index in [1.807, 2.05) is 19.1 Å². The van der Waals surface area contributed by atoms with Gasteiger partial charge in [0, 0.05) is 17.8 Å². The predicted molar refractivity (Wildman–Crippen MR) is 121 cm³/mol. The van der Waals surface area contributed by atoms with Gasteiger partial charge in [-0.1, -0.05) is 18.2 Å². The number of nitrogens with one attached hydrogen (secondary N) is 1. The number of halogens is 1. The number of benzene rings is 3. The number of carbonyl (C=O) groups excluding carboxylic acids is 1. The van der Waals surface area contributed by atoms with Crippen molar-refractivity contribution < 1.29 is 22.3 Å².